The van der Waals surface area contributed by atoms with Crippen LogP contribution < -0.4 is 5.43 Å². The monoisotopic (exact) mass is 230 g/mol. The van der Waals surface area contributed by atoms with Gasteiger partial charge in [-0.05, 0) is 12.1 Å². The standard InChI is InChI=1S/C10H5ClF2O2/c11-7-8(14)5-3-1-2-4-6(5)15-9(7)10(12)13/h1-4,10H. The lowest BCUT2D eigenvalue weighted by Crippen LogP contribution is -2.05. The van der Waals surface area contributed by atoms with Crippen molar-refractivity contribution in [2.45, 2.75) is 6.43 Å². The fourth-order valence-corrected chi connectivity index (χ4v) is 1.50. The maximum absolute atomic E-state index is 12.4. The van der Waals surface area contributed by atoms with E-state index >= 15 is 0 Å². The van der Waals surface area contributed by atoms with E-state index in [-0.39, 0.29) is 11.0 Å². The smallest absolute Gasteiger partial charge is 0.297 e. The Labute approximate surface area is 88.1 Å². The molecule has 1 aromatic heterocycles. The average Bonchev–Trinajstić information content (AvgIpc) is 2.23. The highest BCUT2D eigenvalue weighted by molar-refractivity contribution is 6.31. The fraction of sp³-hybridized carbons (Fsp3) is 0.100. The molecule has 0 fully saturated rings. The van der Waals surface area contributed by atoms with Gasteiger partial charge in [0.05, 0.1) is 5.39 Å². The van der Waals surface area contributed by atoms with Gasteiger partial charge in [-0.2, -0.15) is 0 Å². The lowest BCUT2D eigenvalue weighted by molar-refractivity contribution is 0.122. The summed E-state index contributed by atoms with van der Waals surface area (Å²) in [4.78, 5) is 11.5. The number of hydrogen-bond acceptors (Lipinski definition) is 2. The molecule has 0 spiro atoms. The molecule has 5 heteroatoms. The predicted octanol–water partition coefficient (Wildman–Crippen LogP) is 3.38. The van der Waals surface area contributed by atoms with Crippen molar-refractivity contribution < 1.29 is 13.2 Å². The van der Waals surface area contributed by atoms with Crippen LogP contribution in [-0.4, -0.2) is 0 Å². The molecule has 0 N–H and O–H groups in total. The molecule has 15 heavy (non-hydrogen) atoms. The van der Waals surface area contributed by atoms with Gasteiger partial charge in [0.15, 0.2) is 5.76 Å². The summed E-state index contributed by atoms with van der Waals surface area (Å²) in [7, 11) is 0. The Morgan fingerprint density at radius 2 is 1.93 bits per heavy atom. The van der Waals surface area contributed by atoms with Gasteiger partial charge in [0.25, 0.3) is 6.43 Å². The zero-order chi connectivity index (χ0) is 11.0. The number of hydrogen-bond donors (Lipinski definition) is 0. The Morgan fingerprint density at radius 3 is 2.60 bits per heavy atom. The molecule has 2 nitrogen and oxygen atoms in total. The molecule has 0 bridgehead atoms. The van der Waals surface area contributed by atoms with Gasteiger partial charge in [0.1, 0.15) is 10.6 Å². The second-order valence-corrected chi connectivity index (χ2v) is 3.28. The van der Waals surface area contributed by atoms with Crippen LogP contribution in [0.5, 0.6) is 0 Å². The molecular weight excluding hydrogens is 226 g/mol. The minimum atomic E-state index is -2.89. The molecular formula is C10H5ClF2O2. The van der Waals surface area contributed by atoms with Crippen molar-refractivity contribution in [3.8, 4) is 0 Å². The zero-order valence-electron chi connectivity index (χ0n) is 7.34. The number of rotatable bonds is 1. The van der Waals surface area contributed by atoms with Gasteiger partial charge >= 0.3 is 0 Å². The normalized spacial score (nSPS) is 11.2. The highest BCUT2D eigenvalue weighted by atomic mass is 35.5. The quantitative estimate of drug-likeness (QED) is 0.752. The summed E-state index contributed by atoms with van der Waals surface area (Å²) in [6.45, 7) is 0. The molecule has 78 valence electrons. The maximum Gasteiger partial charge on any atom is 0.297 e. The summed E-state index contributed by atoms with van der Waals surface area (Å²) in [5, 5.41) is -0.351. The molecule has 0 radical (unpaired) electrons. The second-order valence-electron chi connectivity index (χ2n) is 2.91. The first-order valence-corrected chi connectivity index (χ1v) is 4.48. The summed E-state index contributed by atoms with van der Waals surface area (Å²) in [6, 6.07) is 6.12. The van der Waals surface area contributed by atoms with E-state index in [9.17, 15) is 13.6 Å². The zero-order valence-corrected chi connectivity index (χ0v) is 8.09. The molecule has 0 saturated carbocycles. The van der Waals surface area contributed by atoms with E-state index in [0.717, 1.165) is 0 Å². The molecule has 2 aromatic rings. The molecule has 0 unspecified atom stereocenters. The molecule has 0 aliphatic heterocycles. The Balaban J connectivity index is 2.89. The van der Waals surface area contributed by atoms with Crippen molar-refractivity contribution in [3.05, 3.63) is 45.3 Å². The van der Waals surface area contributed by atoms with E-state index in [1.54, 1.807) is 12.1 Å². The molecule has 2 rings (SSSR count). The highest BCUT2D eigenvalue weighted by Gasteiger charge is 2.19. The summed E-state index contributed by atoms with van der Waals surface area (Å²) < 4.78 is 29.7. The van der Waals surface area contributed by atoms with Gasteiger partial charge in [0.2, 0.25) is 5.43 Å². The van der Waals surface area contributed by atoms with Crippen LogP contribution in [0.1, 0.15) is 12.2 Å². The van der Waals surface area contributed by atoms with Crippen LogP contribution in [-0.2, 0) is 0 Å². The topological polar surface area (TPSA) is 30.2 Å². The first kappa shape index (κ1) is 10.1. The number of benzene rings is 1. The molecule has 0 amide bonds. The van der Waals surface area contributed by atoms with Gasteiger partial charge in [-0.15, -0.1) is 0 Å². The Morgan fingerprint density at radius 1 is 1.27 bits per heavy atom. The van der Waals surface area contributed by atoms with Crippen LogP contribution in [0.15, 0.2) is 33.5 Å². The van der Waals surface area contributed by atoms with Gasteiger partial charge in [-0.3, -0.25) is 4.79 Å². The van der Waals surface area contributed by atoms with E-state index < -0.39 is 22.6 Å². The third-order valence-electron chi connectivity index (χ3n) is 1.97. The molecule has 0 saturated heterocycles. The predicted molar refractivity (Wildman–Crippen MR) is 52.5 cm³/mol. The third kappa shape index (κ3) is 1.61. The number of fused-ring (bicyclic) bond motifs is 1. The molecule has 1 heterocycles. The van der Waals surface area contributed by atoms with Crippen molar-refractivity contribution in [1.29, 1.82) is 0 Å². The summed E-state index contributed by atoms with van der Waals surface area (Å²) in [6.07, 6.45) is -2.89. The van der Waals surface area contributed by atoms with Crippen LogP contribution in [0.2, 0.25) is 5.02 Å². The van der Waals surface area contributed by atoms with Crippen molar-refractivity contribution in [1.82, 2.24) is 0 Å². The fourth-order valence-electron chi connectivity index (χ4n) is 1.28. The highest BCUT2D eigenvalue weighted by Crippen LogP contribution is 2.27. The van der Waals surface area contributed by atoms with Gasteiger partial charge in [-0.25, -0.2) is 8.78 Å². The minimum Gasteiger partial charge on any atom is -0.453 e. The molecule has 0 aliphatic rings. The third-order valence-corrected chi connectivity index (χ3v) is 2.32. The van der Waals surface area contributed by atoms with Gasteiger partial charge < -0.3 is 4.42 Å². The van der Waals surface area contributed by atoms with E-state index in [4.69, 9.17) is 16.0 Å². The van der Waals surface area contributed by atoms with E-state index in [1.165, 1.54) is 12.1 Å². The molecule has 0 atom stereocenters. The largest absolute Gasteiger partial charge is 0.453 e. The Hall–Kier alpha value is -1.42. The van der Waals surface area contributed by atoms with E-state index in [1.807, 2.05) is 0 Å². The van der Waals surface area contributed by atoms with Gasteiger partial charge in [0, 0.05) is 0 Å². The maximum atomic E-state index is 12.4. The number of alkyl halides is 2. The summed E-state index contributed by atoms with van der Waals surface area (Å²) >= 11 is 5.48. The first-order valence-electron chi connectivity index (χ1n) is 4.10. The Kier molecular flexibility index (Phi) is 2.44. The van der Waals surface area contributed by atoms with E-state index in [2.05, 4.69) is 0 Å². The summed E-state index contributed by atoms with van der Waals surface area (Å²) in [5.74, 6) is -0.777. The van der Waals surface area contributed by atoms with Crippen LogP contribution in [0, 0.1) is 0 Å². The Bertz CT molecular complexity index is 563. The van der Waals surface area contributed by atoms with Crippen LogP contribution in [0.25, 0.3) is 11.0 Å². The number of halogens is 3. The minimum absolute atomic E-state index is 0.113. The SMILES string of the molecule is O=c1c(Cl)c(C(F)F)oc2ccccc12. The molecule has 1 aromatic carbocycles. The summed E-state index contributed by atoms with van der Waals surface area (Å²) in [5.41, 5.74) is -0.518. The number of para-hydroxylation sites is 1. The van der Waals surface area contributed by atoms with Crippen LogP contribution >= 0.6 is 11.6 Å². The lowest BCUT2D eigenvalue weighted by atomic mass is 10.2. The van der Waals surface area contributed by atoms with Gasteiger partial charge in [-0.1, -0.05) is 23.7 Å². The van der Waals surface area contributed by atoms with E-state index in [0.29, 0.717) is 0 Å². The lowest BCUT2D eigenvalue weighted by Gasteiger charge is -2.03. The van der Waals surface area contributed by atoms with Crippen molar-refractivity contribution in [2.75, 3.05) is 0 Å². The van der Waals surface area contributed by atoms with Crippen molar-refractivity contribution >= 4 is 22.6 Å². The van der Waals surface area contributed by atoms with Crippen molar-refractivity contribution in [3.63, 3.8) is 0 Å². The molecule has 0 aliphatic carbocycles. The van der Waals surface area contributed by atoms with Crippen LogP contribution in [0.3, 0.4) is 0 Å². The van der Waals surface area contributed by atoms with Crippen LogP contribution in [0.4, 0.5) is 8.78 Å². The average molecular weight is 231 g/mol. The second kappa shape index (κ2) is 3.62. The van der Waals surface area contributed by atoms with Crippen molar-refractivity contribution in [2.24, 2.45) is 0 Å². The first-order chi connectivity index (χ1) is 7.11.